The molecule has 1 aromatic heterocycles. The molecule has 1 atom stereocenters. The fourth-order valence-electron chi connectivity index (χ4n) is 2.70. The van der Waals surface area contributed by atoms with Crippen molar-refractivity contribution in [2.24, 2.45) is 5.73 Å². The monoisotopic (exact) mass is 356 g/mol. The number of aromatic nitrogens is 2. The normalized spacial score (nSPS) is 14.0. The molecule has 0 spiro atoms. The van der Waals surface area contributed by atoms with Crippen molar-refractivity contribution in [3.05, 3.63) is 47.9 Å². The minimum atomic E-state index is -0.554. The highest BCUT2D eigenvalue weighted by Crippen LogP contribution is 2.19. The topological polar surface area (TPSA) is 72.9 Å². The minimum absolute atomic E-state index is 0. The largest absolute Gasteiger partial charge is 0.320 e. The van der Waals surface area contributed by atoms with Gasteiger partial charge in [0.15, 0.2) is 0 Å². The Balaban J connectivity index is 0.00000132. The van der Waals surface area contributed by atoms with Crippen molar-refractivity contribution in [1.29, 1.82) is 0 Å². The Kier molecular flexibility index (Phi) is 7.55. The van der Waals surface area contributed by atoms with Gasteiger partial charge in [0.2, 0.25) is 5.91 Å². The maximum atomic E-state index is 12.2. The molecule has 0 bridgehead atoms. The third kappa shape index (κ3) is 4.70. The zero-order valence-corrected chi connectivity index (χ0v) is 14.4. The van der Waals surface area contributed by atoms with Gasteiger partial charge in [-0.2, -0.15) is 0 Å². The van der Waals surface area contributed by atoms with E-state index in [9.17, 15) is 4.79 Å². The zero-order chi connectivity index (χ0) is 14.7. The van der Waals surface area contributed by atoms with E-state index < -0.39 is 6.04 Å². The number of benzene rings is 1. The van der Waals surface area contributed by atoms with Crippen LogP contribution in [0.3, 0.4) is 0 Å². The number of rotatable bonds is 4. The summed E-state index contributed by atoms with van der Waals surface area (Å²) in [5.74, 6) is 1.65. The summed E-state index contributed by atoms with van der Waals surface area (Å²) in [5.41, 5.74) is 7.07. The van der Waals surface area contributed by atoms with E-state index in [0.717, 1.165) is 43.0 Å². The van der Waals surface area contributed by atoms with Crippen LogP contribution in [0.5, 0.6) is 0 Å². The van der Waals surface area contributed by atoms with E-state index in [0.29, 0.717) is 6.42 Å². The Bertz CT molecular complexity index is 630. The van der Waals surface area contributed by atoms with E-state index in [2.05, 4.69) is 14.9 Å². The number of hydrogen-bond acceptors (Lipinski definition) is 3. The number of fused-ring (bicyclic) bond motifs is 1. The van der Waals surface area contributed by atoms with Crippen molar-refractivity contribution in [3.8, 4) is 0 Å². The molecule has 0 fully saturated rings. The van der Waals surface area contributed by atoms with Crippen LogP contribution >= 0.6 is 24.8 Å². The molecule has 1 aliphatic heterocycles. The van der Waals surface area contributed by atoms with Gasteiger partial charge in [0.1, 0.15) is 11.6 Å². The third-order valence-electron chi connectivity index (χ3n) is 3.86. The summed E-state index contributed by atoms with van der Waals surface area (Å²) in [6.07, 6.45) is 5.54. The molecule has 2 aromatic rings. The van der Waals surface area contributed by atoms with Crippen molar-refractivity contribution in [2.75, 3.05) is 5.32 Å². The van der Waals surface area contributed by atoms with Crippen LogP contribution in [0.15, 0.2) is 36.5 Å². The average Bonchev–Trinajstić information content (AvgIpc) is 2.91. The van der Waals surface area contributed by atoms with Crippen molar-refractivity contribution < 1.29 is 4.79 Å². The van der Waals surface area contributed by atoms with Crippen LogP contribution in [-0.2, 0) is 24.2 Å². The quantitative estimate of drug-likeness (QED) is 0.883. The van der Waals surface area contributed by atoms with E-state index >= 15 is 0 Å². The minimum Gasteiger partial charge on any atom is -0.320 e. The Morgan fingerprint density at radius 2 is 2.00 bits per heavy atom. The fourth-order valence-corrected chi connectivity index (χ4v) is 2.70. The first-order valence-corrected chi connectivity index (χ1v) is 7.39. The second-order valence-corrected chi connectivity index (χ2v) is 5.45. The molecule has 0 saturated heterocycles. The number of aryl methyl sites for hydroxylation is 1. The van der Waals surface area contributed by atoms with Crippen LogP contribution in [0.25, 0.3) is 0 Å². The van der Waals surface area contributed by atoms with Gasteiger partial charge in [0, 0.05) is 13.0 Å². The first-order chi connectivity index (χ1) is 10.2. The molecule has 5 nitrogen and oxygen atoms in total. The molecule has 0 unspecified atom stereocenters. The molecule has 126 valence electrons. The summed E-state index contributed by atoms with van der Waals surface area (Å²) in [6, 6.07) is 9.26. The number of amides is 1. The van der Waals surface area contributed by atoms with Gasteiger partial charge in [-0.1, -0.05) is 30.3 Å². The second-order valence-electron chi connectivity index (χ2n) is 5.45. The van der Waals surface area contributed by atoms with Crippen LogP contribution in [0.2, 0.25) is 0 Å². The molecule has 0 saturated carbocycles. The van der Waals surface area contributed by atoms with Gasteiger partial charge < -0.3 is 15.6 Å². The first-order valence-electron chi connectivity index (χ1n) is 7.39. The van der Waals surface area contributed by atoms with Crippen molar-refractivity contribution >= 4 is 36.5 Å². The molecular formula is C16H22Cl2N4O. The lowest BCUT2D eigenvalue weighted by atomic mass is 10.1. The summed E-state index contributed by atoms with van der Waals surface area (Å²) in [7, 11) is 0. The molecule has 1 aromatic carbocycles. The van der Waals surface area contributed by atoms with E-state index in [4.69, 9.17) is 5.73 Å². The number of carbonyl (C=O) groups excluding carboxylic acids is 1. The van der Waals surface area contributed by atoms with E-state index in [-0.39, 0.29) is 30.7 Å². The van der Waals surface area contributed by atoms with E-state index in [1.165, 1.54) is 0 Å². The van der Waals surface area contributed by atoms with E-state index in [1.807, 2.05) is 30.3 Å². The van der Waals surface area contributed by atoms with Gasteiger partial charge in [-0.05, 0) is 24.8 Å². The summed E-state index contributed by atoms with van der Waals surface area (Å²) in [5, 5.41) is 2.91. The average molecular weight is 357 g/mol. The number of imidazole rings is 1. The number of nitrogens with one attached hydrogen (secondary N) is 1. The van der Waals surface area contributed by atoms with Crippen LogP contribution in [0.1, 0.15) is 24.2 Å². The molecular weight excluding hydrogens is 335 g/mol. The lowest BCUT2D eigenvalue weighted by Crippen LogP contribution is -2.38. The molecule has 3 rings (SSSR count). The third-order valence-corrected chi connectivity index (χ3v) is 3.86. The number of hydrogen-bond donors (Lipinski definition) is 2. The van der Waals surface area contributed by atoms with Gasteiger partial charge in [-0.25, -0.2) is 4.98 Å². The van der Waals surface area contributed by atoms with Crippen molar-refractivity contribution in [2.45, 2.75) is 38.3 Å². The van der Waals surface area contributed by atoms with Crippen molar-refractivity contribution in [3.63, 3.8) is 0 Å². The number of halogens is 2. The Hall–Kier alpha value is -1.56. The molecule has 0 radical (unpaired) electrons. The van der Waals surface area contributed by atoms with Crippen LogP contribution in [0.4, 0.5) is 5.82 Å². The highest BCUT2D eigenvalue weighted by atomic mass is 35.5. The summed E-state index contributed by atoms with van der Waals surface area (Å²) >= 11 is 0. The van der Waals surface area contributed by atoms with Gasteiger partial charge in [-0.3, -0.25) is 4.79 Å². The Labute approximate surface area is 148 Å². The standard InChI is InChI=1S/C16H20N4O.2ClH/c17-13(10-12-6-2-1-3-7-12)16(21)19-15-11-18-14-8-4-5-9-20(14)15;;/h1-3,6-7,11,13H,4-5,8-10,17H2,(H,19,21);2*1H/t13-;;/m0../s1. The summed E-state index contributed by atoms with van der Waals surface area (Å²) < 4.78 is 2.08. The molecule has 7 heteroatoms. The number of nitrogens with two attached hydrogens (primary N) is 1. The van der Waals surface area contributed by atoms with E-state index in [1.54, 1.807) is 6.20 Å². The van der Waals surface area contributed by atoms with Crippen LogP contribution in [0, 0.1) is 0 Å². The first kappa shape index (κ1) is 19.5. The summed E-state index contributed by atoms with van der Waals surface area (Å²) in [6.45, 7) is 0.916. The van der Waals surface area contributed by atoms with Gasteiger partial charge >= 0.3 is 0 Å². The highest BCUT2D eigenvalue weighted by Gasteiger charge is 2.19. The summed E-state index contributed by atoms with van der Waals surface area (Å²) in [4.78, 5) is 16.6. The van der Waals surface area contributed by atoms with Crippen LogP contribution in [-0.4, -0.2) is 21.5 Å². The van der Waals surface area contributed by atoms with Gasteiger partial charge in [0.25, 0.3) is 0 Å². The molecule has 2 heterocycles. The fraction of sp³-hybridized carbons (Fsp3) is 0.375. The Morgan fingerprint density at radius 1 is 1.26 bits per heavy atom. The van der Waals surface area contributed by atoms with Crippen LogP contribution < -0.4 is 11.1 Å². The lowest BCUT2D eigenvalue weighted by Gasteiger charge is -2.18. The SMILES string of the molecule is Cl.Cl.N[C@@H](Cc1ccccc1)C(=O)Nc1cnc2n1CCCC2. The smallest absolute Gasteiger partial charge is 0.242 e. The lowest BCUT2D eigenvalue weighted by molar-refractivity contribution is -0.117. The maximum Gasteiger partial charge on any atom is 0.242 e. The number of anilines is 1. The van der Waals surface area contributed by atoms with Gasteiger partial charge in [0.05, 0.1) is 12.2 Å². The molecule has 1 aliphatic rings. The predicted molar refractivity (Wildman–Crippen MR) is 96.4 cm³/mol. The molecule has 1 amide bonds. The molecule has 0 aliphatic carbocycles. The highest BCUT2D eigenvalue weighted by molar-refractivity contribution is 5.94. The zero-order valence-electron chi connectivity index (χ0n) is 12.8. The number of carbonyl (C=O) groups is 1. The van der Waals surface area contributed by atoms with Crippen molar-refractivity contribution in [1.82, 2.24) is 9.55 Å². The molecule has 23 heavy (non-hydrogen) atoms. The second kappa shape index (κ2) is 8.91. The Morgan fingerprint density at radius 3 is 2.74 bits per heavy atom. The maximum absolute atomic E-state index is 12.2. The number of nitrogens with zero attached hydrogens (tertiary/aromatic N) is 2. The predicted octanol–water partition coefficient (Wildman–Crippen LogP) is 2.57. The van der Waals surface area contributed by atoms with Gasteiger partial charge in [-0.15, -0.1) is 24.8 Å². The molecule has 3 N–H and O–H groups in total.